The third-order valence-corrected chi connectivity index (χ3v) is 5.20. The number of piperidine rings is 1. The first-order valence-electron chi connectivity index (χ1n) is 10.3. The number of nitriles is 1. The van der Waals surface area contributed by atoms with Crippen LogP contribution in [0.25, 0.3) is 0 Å². The van der Waals surface area contributed by atoms with Gasteiger partial charge in [0.15, 0.2) is 0 Å². The highest BCUT2D eigenvalue weighted by Crippen LogP contribution is 2.32. The maximum absolute atomic E-state index is 11.0. The van der Waals surface area contributed by atoms with Gasteiger partial charge in [-0.15, -0.1) is 0 Å². The van der Waals surface area contributed by atoms with Crippen LogP contribution in [0.1, 0.15) is 50.6 Å². The van der Waals surface area contributed by atoms with Crippen molar-refractivity contribution in [3.8, 4) is 17.9 Å². The monoisotopic (exact) mass is 403 g/mol. The van der Waals surface area contributed by atoms with Crippen LogP contribution < -0.4 is 5.32 Å². The van der Waals surface area contributed by atoms with Crippen LogP contribution in [0.4, 0.5) is 5.82 Å². The second kappa shape index (κ2) is 9.26. The average molecular weight is 404 g/mol. The molecule has 2 heterocycles. The van der Waals surface area contributed by atoms with E-state index in [1.165, 1.54) is 0 Å². The molecule has 2 aromatic rings. The van der Waals surface area contributed by atoms with Crippen LogP contribution in [-0.2, 0) is 5.60 Å². The van der Waals surface area contributed by atoms with Gasteiger partial charge in [-0.05, 0) is 23.8 Å². The van der Waals surface area contributed by atoms with Crippen molar-refractivity contribution in [1.29, 1.82) is 5.26 Å². The Morgan fingerprint density at radius 3 is 2.53 bits per heavy atom. The lowest BCUT2D eigenvalue weighted by molar-refractivity contribution is -0.0229. The minimum atomic E-state index is -0.754. The van der Waals surface area contributed by atoms with Crippen molar-refractivity contribution in [3.05, 3.63) is 53.5 Å². The number of anilines is 1. The third kappa shape index (κ3) is 5.79. The molecule has 1 aliphatic rings. The maximum Gasteiger partial charge on any atom is 0.234 e. The maximum atomic E-state index is 11.0. The summed E-state index contributed by atoms with van der Waals surface area (Å²) in [6.45, 7) is 9.30. The Hall–Kier alpha value is -2.93. The second-order valence-electron chi connectivity index (χ2n) is 8.96. The first-order chi connectivity index (χ1) is 14.3. The summed E-state index contributed by atoms with van der Waals surface area (Å²) >= 11 is 0. The van der Waals surface area contributed by atoms with Crippen LogP contribution in [0.5, 0.6) is 0 Å². The molecule has 1 fully saturated rings. The number of hydrogen-bond acceptors (Lipinski definition) is 6. The Morgan fingerprint density at radius 1 is 1.20 bits per heavy atom. The molecule has 3 rings (SSSR count). The molecule has 0 radical (unpaired) electrons. The molecule has 1 saturated heterocycles. The van der Waals surface area contributed by atoms with Crippen LogP contribution in [0.15, 0.2) is 36.5 Å². The van der Waals surface area contributed by atoms with Crippen LogP contribution in [0.2, 0.25) is 0 Å². The summed E-state index contributed by atoms with van der Waals surface area (Å²) in [5.41, 5.74) is 0.998. The van der Waals surface area contributed by atoms with E-state index in [-0.39, 0.29) is 11.2 Å². The van der Waals surface area contributed by atoms with E-state index in [4.69, 9.17) is 5.26 Å². The molecule has 0 saturated carbocycles. The number of likely N-dealkylation sites (tertiary alicyclic amines) is 1. The number of nitrogens with one attached hydrogen (secondary N) is 1. The molecule has 0 spiro atoms. The molecule has 156 valence electrons. The highest BCUT2D eigenvalue weighted by Gasteiger charge is 2.33. The van der Waals surface area contributed by atoms with E-state index in [0.717, 1.165) is 18.7 Å². The first kappa shape index (κ1) is 21.8. The third-order valence-electron chi connectivity index (χ3n) is 5.20. The van der Waals surface area contributed by atoms with Crippen LogP contribution in [-0.4, -0.2) is 46.2 Å². The predicted molar refractivity (Wildman–Crippen MR) is 118 cm³/mol. The second-order valence-corrected chi connectivity index (χ2v) is 8.96. The normalized spacial score (nSPS) is 16.2. The number of aromatic nitrogens is 2. The quantitative estimate of drug-likeness (QED) is 0.763. The van der Waals surface area contributed by atoms with Crippen molar-refractivity contribution < 1.29 is 5.11 Å². The van der Waals surface area contributed by atoms with Crippen molar-refractivity contribution in [1.82, 2.24) is 14.9 Å². The molecule has 30 heavy (non-hydrogen) atoms. The van der Waals surface area contributed by atoms with Crippen molar-refractivity contribution in [2.75, 3.05) is 31.5 Å². The fourth-order valence-electron chi connectivity index (χ4n) is 3.38. The first-order valence-corrected chi connectivity index (χ1v) is 10.3. The summed E-state index contributed by atoms with van der Waals surface area (Å²) in [5.74, 6) is 7.09. The molecule has 0 unspecified atom stereocenters. The molecule has 6 heteroatoms. The van der Waals surface area contributed by atoms with Gasteiger partial charge in [-0.1, -0.05) is 62.9 Å². The van der Waals surface area contributed by atoms with E-state index in [1.807, 2.05) is 36.4 Å². The SMILES string of the molecule is CC(C)(C)CNc1nc(C#N)ncc1C#CCN1CCC(O)(c2ccccc2)CC1. The van der Waals surface area contributed by atoms with Crippen LogP contribution >= 0.6 is 0 Å². The molecule has 0 aliphatic carbocycles. The molecule has 2 N–H and O–H groups in total. The van der Waals surface area contributed by atoms with E-state index in [0.29, 0.717) is 37.3 Å². The van der Waals surface area contributed by atoms with Gasteiger partial charge in [-0.2, -0.15) is 5.26 Å². The lowest BCUT2D eigenvalue weighted by atomic mass is 9.84. The Bertz CT molecular complexity index is 955. The Morgan fingerprint density at radius 2 is 1.90 bits per heavy atom. The van der Waals surface area contributed by atoms with Gasteiger partial charge in [0.1, 0.15) is 11.9 Å². The van der Waals surface area contributed by atoms with Gasteiger partial charge >= 0.3 is 0 Å². The molecule has 0 atom stereocenters. The smallest absolute Gasteiger partial charge is 0.234 e. The summed E-state index contributed by atoms with van der Waals surface area (Å²) in [7, 11) is 0. The van der Waals surface area contributed by atoms with Gasteiger partial charge < -0.3 is 10.4 Å². The average Bonchev–Trinajstić information content (AvgIpc) is 2.74. The molecular formula is C24H29N5O. The van der Waals surface area contributed by atoms with E-state index >= 15 is 0 Å². The summed E-state index contributed by atoms with van der Waals surface area (Å²) in [5, 5.41) is 23.3. The lowest BCUT2D eigenvalue weighted by Gasteiger charge is -2.37. The Labute approximate surface area is 179 Å². The van der Waals surface area contributed by atoms with Crippen LogP contribution in [0, 0.1) is 28.6 Å². The highest BCUT2D eigenvalue weighted by molar-refractivity contribution is 5.53. The summed E-state index contributed by atoms with van der Waals surface area (Å²) in [6.07, 6.45) is 2.99. The number of nitrogens with zero attached hydrogens (tertiary/aromatic N) is 4. The standard InChI is InChI=1S/C24H29N5O/c1-23(2,3)18-27-22-19(17-26-21(16-25)28-22)8-7-13-29-14-11-24(30,12-15-29)20-9-5-4-6-10-20/h4-6,9-10,17,30H,11-15,18H2,1-3H3,(H,26,27,28). The molecule has 0 amide bonds. The summed E-state index contributed by atoms with van der Waals surface area (Å²) < 4.78 is 0. The Kier molecular flexibility index (Phi) is 6.72. The van der Waals surface area contributed by atoms with E-state index < -0.39 is 5.60 Å². The van der Waals surface area contributed by atoms with E-state index in [2.05, 4.69) is 52.8 Å². The fourth-order valence-corrected chi connectivity index (χ4v) is 3.38. The molecule has 6 nitrogen and oxygen atoms in total. The largest absolute Gasteiger partial charge is 0.385 e. The molecule has 1 aliphatic heterocycles. The summed E-state index contributed by atoms with van der Waals surface area (Å²) in [4.78, 5) is 10.6. The van der Waals surface area contributed by atoms with E-state index in [9.17, 15) is 5.11 Å². The predicted octanol–water partition coefficient (Wildman–Crippen LogP) is 3.14. The van der Waals surface area contributed by atoms with Crippen molar-refractivity contribution in [2.45, 2.75) is 39.2 Å². The van der Waals surface area contributed by atoms with Gasteiger partial charge in [0.05, 0.1) is 17.7 Å². The Balaban J connectivity index is 1.62. The zero-order chi connectivity index (χ0) is 21.6. The number of hydrogen-bond donors (Lipinski definition) is 2. The molecule has 1 aromatic heterocycles. The van der Waals surface area contributed by atoms with Gasteiger partial charge in [0.2, 0.25) is 5.82 Å². The van der Waals surface area contributed by atoms with Gasteiger partial charge in [0.25, 0.3) is 0 Å². The van der Waals surface area contributed by atoms with Crippen molar-refractivity contribution in [3.63, 3.8) is 0 Å². The number of aliphatic hydroxyl groups is 1. The number of benzene rings is 1. The number of rotatable bonds is 4. The molecular weight excluding hydrogens is 374 g/mol. The van der Waals surface area contributed by atoms with Gasteiger partial charge in [-0.25, -0.2) is 9.97 Å². The summed E-state index contributed by atoms with van der Waals surface area (Å²) in [6, 6.07) is 11.9. The van der Waals surface area contributed by atoms with Crippen molar-refractivity contribution in [2.24, 2.45) is 5.41 Å². The minimum absolute atomic E-state index is 0.0752. The minimum Gasteiger partial charge on any atom is -0.385 e. The zero-order valence-corrected chi connectivity index (χ0v) is 17.9. The highest BCUT2D eigenvalue weighted by atomic mass is 16.3. The molecule has 0 bridgehead atoms. The lowest BCUT2D eigenvalue weighted by Crippen LogP contribution is -2.42. The zero-order valence-electron chi connectivity index (χ0n) is 17.9. The van der Waals surface area contributed by atoms with Crippen molar-refractivity contribution >= 4 is 5.82 Å². The topological polar surface area (TPSA) is 85.1 Å². The molecule has 1 aromatic carbocycles. The van der Waals surface area contributed by atoms with Crippen LogP contribution in [0.3, 0.4) is 0 Å². The van der Waals surface area contributed by atoms with Gasteiger partial charge in [0, 0.05) is 25.8 Å². The van der Waals surface area contributed by atoms with Gasteiger partial charge in [-0.3, -0.25) is 4.90 Å². The van der Waals surface area contributed by atoms with E-state index in [1.54, 1.807) is 6.20 Å². The fraction of sp³-hybridized carbons (Fsp3) is 0.458.